The quantitative estimate of drug-likeness (QED) is 0.814. The van der Waals surface area contributed by atoms with E-state index >= 15 is 0 Å². The SMILES string of the molecule is C[C@@H](NC(=O)c1cc2cc(Cl)ncc2[nH]1)C(=O)N1CC2C(C1)C2(F)F. The smallest absolute Gasteiger partial charge is 0.268 e. The van der Waals surface area contributed by atoms with E-state index in [0.717, 1.165) is 5.39 Å². The van der Waals surface area contributed by atoms with E-state index in [1.54, 1.807) is 19.1 Å². The van der Waals surface area contributed by atoms with E-state index < -0.39 is 29.7 Å². The fourth-order valence-corrected chi connectivity index (χ4v) is 3.59. The molecule has 9 heteroatoms. The van der Waals surface area contributed by atoms with Crippen LogP contribution in [0.5, 0.6) is 0 Å². The number of hydrogen-bond donors (Lipinski definition) is 2. The molecule has 0 aromatic carbocycles. The highest BCUT2D eigenvalue weighted by Gasteiger charge is 2.72. The van der Waals surface area contributed by atoms with Crippen molar-refractivity contribution in [1.82, 2.24) is 20.2 Å². The third-order valence-electron chi connectivity index (χ3n) is 4.95. The summed E-state index contributed by atoms with van der Waals surface area (Å²) in [4.78, 5) is 32.9. The van der Waals surface area contributed by atoms with Gasteiger partial charge in [0.05, 0.1) is 23.5 Å². The van der Waals surface area contributed by atoms with Crippen LogP contribution < -0.4 is 5.32 Å². The molecule has 1 aliphatic carbocycles. The Bertz CT molecular complexity index is 870. The Kier molecular flexibility index (Phi) is 3.50. The molecule has 1 saturated heterocycles. The van der Waals surface area contributed by atoms with Crippen molar-refractivity contribution in [2.45, 2.75) is 18.9 Å². The first-order valence-corrected chi connectivity index (χ1v) is 8.27. The van der Waals surface area contributed by atoms with Crippen LogP contribution in [0.4, 0.5) is 8.78 Å². The van der Waals surface area contributed by atoms with Crippen LogP contribution in [-0.4, -0.2) is 51.7 Å². The number of amides is 2. The van der Waals surface area contributed by atoms with Gasteiger partial charge in [-0.1, -0.05) is 11.6 Å². The number of carbonyl (C=O) groups excluding carboxylic acids is 2. The van der Waals surface area contributed by atoms with E-state index in [4.69, 9.17) is 11.6 Å². The average Bonchev–Trinajstić information content (AvgIpc) is 3.00. The highest BCUT2D eigenvalue weighted by atomic mass is 35.5. The number of nitrogens with zero attached hydrogens (tertiary/aromatic N) is 2. The molecule has 1 aliphatic heterocycles. The zero-order valence-electron chi connectivity index (χ0n) is 13.2. The van der Waals surface area contributed by atoms with E-state index in [-0.39, 0.29) is 24.7 Å². The minimum Gasteiger partial charge on any atom is -0.349 e. The van der Waals surface area contributed by atoms with Crippen LogP contribution in [0.25, 0.3) is 10.9 Å². The largest absolute Gasteiger partial charge is 0.349 e. The van der Waals surface area contributed by atoms with E-state index in [1.165, 1.54) is 11.1 Å². The number of nitrogens with one attached hydrogen (secondary N) is 2. The molecule has 2 aliphatic rings. The number of likely N-dealkylation sites (tertiary alicyclic amines) is 1. The summed E-state index contributed by atoms with van der Waals surface area (Å²) >= 11 is 5.81. The summed E-state index contributed by atoms with van der Waals surface area (Å²) in [6.45, 7) is 1.64. The zero-order chi connectivity index (χ0) is 17.9. The number of aromatic nitrogens is 2. The summed E-state index contributed by atoms with van der Waals surface area (Å²) in [5.41, 5.74) is 0.921. The van der Waals surface area contributed by atoms with Crippen LogP contribution >= 0.6 is 11.6 Å². The molecular formula is C16H15ClF2N4O2. The van der Waals surface area contributed by atoms with Gasteiger partial charge >= 0.3 is 0 Å². The van der Waals surface area contributed by atoms with Crippen LogP contribution in [0.15, 0.2) is 18.3 Å². The highest BCUT2D eigenvalue weighted by molar-refractivity contribution is 6.30. The summed E-state index contributed by atoms with van der Waals surface area (Å²) in [6, 6.07) is 2.43. The normalized spacial score (nSPS) is 24.9. The van der Waals surface area contributed by atoms with Gasteiger partial charge in [0.2, 0.25) is 5.91 Å². The lowest BCUT2D eigenvalue weighted by Crippen LogP contribution is -2.47. The topological polar surface area (TPSA) is 78.1 Å². The number of hydrogen-bond acceptors (Lipinski definition) is 3. The van der Waals surface area contributed by atoms with Crippen LogP contribution in [0.3, 0.4) is 0 Å². The molecule has 0 radical (unpaired) electrons. The molecule has 3 heterocycles. The second-order valence-electron chi connectivity index (χ2n) is 6.60. The average molecular weight is 369 g/mol. The van der Waals surface area contributed by atoms with E-state index in [9.17, 15) is 18.4 Å². The standard InChI is InChI=1S/C16H15ClF2N4O2/c1-7(15(25)23-5-9-10(6-23)16(9,18)19)21-14(24)11-2-8-3-13(17)20-4-12(8)22-11/h2-4,7,9-10,22H,5-6H2,1H3,(H,21,24)/t7-,9?,10?/m1/s1. The summed E-state index contributed by atoms with van der Waals surface area (Å²) in [5.74, 6) is -4.90. The van der Waals surface area contributed by atoms with E-state index in [1.807, 2.05) is 0 Å². The summed E-state index contributed by atoms with van der Waals surface area (Å²) < 4.78 is 26.4. The fraction of sp³-hybridized carbons (Fsp3) is 0.438. The van der Waals surface area contributed by atoms with Gasteiger partial charge in [-0.2, -0.15) is 0 Å². The lowest BCUT2D eigenvalue weighted by Gasteiger charge is -2.23. The third kappa shape index (κ3) is 2.64. The number of piperidine rings is 1. The summed E-state index contributed by atoms with van der Waals surface area (Å²) in [7, 11) is 0. The molecule has 6 nitrogen and oxygen atoms in total. The Morgan fingerprint density at radius 3 is 2.76 bits per heavy atom. The van der Waals surface area contributed by atoms with Crippen molar-refractivity contribution >= 4 is 34.3 Å². The first kappa shape index (κ1) is 16.3. The Morgan fingerprint density at radius 2 is 2.08 bits per heavy atom. The maximum atomic E-state index is 13.2. The number of rotatable bonds is 3. The van der Waals surface area contributed by atoms with Gasteiger partial charge in [0.1, 0.15) is 16.9 Å². The number of fused-ring (bicyclic) bond motifs is 2. The van der Waals surface area contributed by atoms with Gasteiger partial charge in [-0.05, 0) is 19.1 Å². The highest BCUT2D eigenvalue weighted by Crippen LogP contribution is 2.59. The van der Waals surface area contributed by atoms with E-state index in [2.05, 4.69) is 15.3 Å². The third-order valence-corrected chi connectivity index (χ3v) is 5.15. The molecule has 2 aromatic heterocycles. The predicted octanol–water partition coefficient (Wildman–Crippen LogP) is 2.06. The molecule has 1 saturated carbocycles. The predicted molar refractivity (Wildman–Crippen MR) is 86.5 cm³/mol. The van der Waals surface area contributed by atoms with Gasteiger partial charge in [0.15, 0.2) is 0 Å². The molecule has 132 valence electrons. The lowest BCUT2D eigenvalue weighted by molar-refractivity contribution is -0.133. The fourth-order valence-electron chi connectivity index (χ4n) is 3.42. The number of aromatic amines is 1. The minimum atomic E-state index is -2.64. The minimum absolute atomic E-state index is 0.0489. The van der Waals surface area contributed by atoms with Crippen LogP contribution in [0, 0.1) is 11.8 Å². The van der Waals surface area contributed by atoms with Gasteiger partial charge in [-0.25, -0.2) is 13.8 Å². The molecule has 2 N–H and O–H groups in total. The number of alkyl halides is 2. The molecule has 25 heavy (non-hydrogen) atoms. The monoisotopic (exact) mass is 368 g/mol. The van der Waals surface area contributed by atoms with Crippen molar-refractivity contribution in [2.75, 3.05) is 13.1 Å². The molecule has 2 amide bonds. The first-order chi connectivity index (χ1) is 11.8. The number of halogens is 3. The van der Waals surface area contributed by atoms with Gasteiger partial charge in [-0.15, -0.1) is 0 Å². The Hall–Kier alpha value is -2.22. The summed E-state index contributed by atoms with van der Waals surface area (Å²) in [5, 5.41) is 3.64. The van der Waals surface area contributed by atoms with Crippen LogP contribution in [0.1, 0.15) is 17.4 Å². The van der Waals surface area contributed by atoms with Crippen molar-refractivity contribution < 1.29 is 18.4 Å². The maximum absolute atomic E-state index is 13.2. The summed E-state index contributed by atoms with van der Waals surface area (Å²) in [6.07, 6.45) is 1.51. The van der Waals surface area contributed by atoms with Crippen LogP contribution in [0.2, 0.25) is 5.15 Å². The number of H-pyrrole nitrogens is 1. The Morgan fingerprint density at radius 1 is 1.40 bits per heavy atom. The number of carbonyl (C=O) groups is 2. The van der Waals surface area contributed by atoms with Gasteiger partial charge in [-0.3, -0.25) is 9.59 Å². The molecule has 0 bridgehead atoms. The maximum Gasteiger partial charge on any atom is 0.268 e. The van der Waals surface area contributed by atoms with Crippen molar-refractivity contribution in [3.63, 3.8) is 0 Å². The van der Waals surface area contributed by atoms with Gasteiger partial charge in [0, 0.05) is 18.5 Å². The van der Waals surface area contributed by atoms with Crippen molar-refractivity contribution in [1.29, 1.82) is 0 Å². The first-order valence-electron chi connectivity index (χ1n) is 7.89. The Balaban J connectivity index is 1.40. The molecule has 2 fully saturated rings. The Labute approximate surface area is 146 Å². The zero-order valence-corrected chi connectivity index (χ0v) is 14.0. The lowest BCUT2D eigenvalue weighted by atomic mass is 10.2. The van der Waals surface area contributed by atoms with E-state index in [0.29, 0.717) is 10.7 Å². The van der Waals surface area contributed by atoms with Crippen molar-refractivity contribution in [2.24, 2.45) is 11.8 Å². The second kappa shape index (κ2) is 5.39. The molecule has 3 atom stereocenters. The van der Waals surface area contributed by atoms with Crippen molar-refractivity contribution in [3.8, 4) is 0 Å². The van der Waals surface area contributed by atoms with Gasteiger partial charge < -0.3 is 15.2 Å². The second-order valence-corrected chi connectivity index (χ2v) is 6.99. The van der Waals surface area contributed by atoms with Crippen LogP contribution in [-0.2, 0) is 4.79 Å². The molecule has 2 unspecified atom stereocenters. The molecule has 2 aromatic rings. The molecular weight excluding hydrogens is 354 g/mol. The van der Waals surface area contributed by atoms with Gasteiger partial charge in [0.25, 0.3) is 11.8 Å². The molecule has 4 rings (SSSR count). The number of pyridine rings is 1. The molecule has 0 spiro atoms. The van der Waals surface area contributed by atoms with Crippen molar-refractivity contribution in [3.05, 3.63) is 29.2 Å².